The Morgan fingerprint density at radius 1 is 0.368 bits per heavy atom. The summed E-state index contributed by atoms with van der Waals surface area (Å²) in [5.74, 6) is 0. The van der Waals surface area contributed by atoms with Crippen LogP contribution in [-0.2, 0) is 5.41 Å². The van der Waals surface area contributed by atoms with Gasteiger partial charge in [0.25, 0.3) is 0 Å². The van der Waals surface area contributed by atoms with Crippen LogP contribution in [0.5, 0.6) is 0 Å². The summed E-state index contributed by atoms with van der Waals surface area (Å²) in [4.78, 5) is 6.04. The summed E-state index contributed by atoms with van der Waals surface area (Å²) in [6.45, 7) is 0. The maximum Gasteiger partial charge on any atom is 0.0715 e. The van der Waals surface area contributed by atoms with Gasteiger partial charge in [-0.1, -0.05) is 155 Å². The minimum Gasteiger partial charge on any atom is -0.310 e. The summed E-state index contributed by atoms with van der Waals surface area (Å²) < 4.78 is 0. The average Bonchev–Trinajstić information content (AvgIpc) is 3.59. The summed E-state index contributed by atoms with van der Waals surface area (Å²) in [6.07, 6.45) is 0. The SMILES string of the molecule is ISc1ccc(N(c2ccccc2)c2ccc3c(c2)C(c2ccccc2)(c2ccccc2)c2cc(N(c4ccccc4)c4ccccc4)c4ccccc4c2-3)cc1. The van der Waals surface area contributed by atoms with Crippen molar-refractivity contribution >= 4 is 75.0 Å². The molecule has 10 rings (SSSR count). The van der Waals surface area contributed by atoms with E-state index >= 15 is 0 Å². The van der Waals surface area contributed by atoms with Gasteiger partial charge in [-0.15, -0.1) is 0 Å². The van der Waals surface area contributed by atoms with Crippen LogP contribution in [0.2, 0.25) is 0 Å². The lowest BCUT2D eigenvalue weighted by atomic mass is 9.67. The van der Waals surface area contributed by atoms with Crippen molar-refractivity contribution in [2.45, 2.75) is 10.3 Å². The van der Waals surface area contributed by atoms with Gasteiger partial charge in [-0.2, -0.15) is 0 Å². The molecule has 0 heterocycles. The van der Waals surface area contributed by atoms with Crippen LogP contribution in [0.1, 0.15) is 22.3 Å². The van der Waals surface area contributed by atoms with E-state index in [9.17, 15) is 0 Å². The van der Waals surface area contributed by atoms with Crippen LogP contribution in [0.3, 0.4) is 0 Å². The Hall–Kier alpha value is -6.08. The van der Waals surface area contributed by atoms with Crippen LogP contribution < -0.4 is 9.80 Å². The lowest BCUT2D eigenvalue weighted by Crippen LogP contribution is -2.29. The molecule has 0 spiro atoms. The summed E-state index contributed by atoms with van der Waals surface area (Å²) in [7, 11) is 1.73. The van der Waals surface area contributed by atoms with Crippen molar-refractivity contribution in [2.75, 3.05) is 9.80 Å². The number of hydrogen-bond donors (Lipinski definition) is 0. The van der Waals surface area contributed by atoms with E-state index in [0.717, 1.165) is 34.1 Å². The number of benzene rings is 9. The Morgan fingerprint density at radius 3 is 1.33 bits per heavy atom. The molecule has 1 aliphatic rings. The molecule has 2 nitrogen and oxygen atoms in total. The lowest BCUT2D eigenvalue weighted by Gasteiger charge is -2.36. The monoisotopic (exact) mass is 860 g/mol. The summed E-state index contributed by atoms with van der Waals surface area (Å²) in [6, 6.07) is 82.0. The predicted molar refractivity (Wildman–Crippen MR) is 250 cm³/mol. The van der Waals surface area contributed by atoms with Crippen molar-refractivity contribution in [3.63, 3.8) is 0 Å². The first-order chi connectivity index (χ1) is 28.3. The number of halogens is 1. The Kier molecular flexibility index (Phi) is 9.37. The number of hydrogen-bond acceptors (Lipinski definition) is 3. The third-order valence-electron chi connectivity index (χ3n) is 11.2. The van der Waals surface area contributed by atoms with Gasteiger partial charge in [0.15, 0.2) is 0 Å². The maximum absolute atomic E-state index is 2.49. The minimum absolute atomic E-state index is 0.634. The molecular formula is C53H37IN2S. The zero-order valence-corrected chi connectivity index (χ0v) is 34.0. The summed E-state index contributed by atoms with van der Waals surface area (Å²) in [5, 5.41) is 2.44. The van der Waals surface area contributed by atoms with E-state index in [1.54, 1.807) is 8.93 Å². The number of para-hydroxylation sites is 3. The van der Waals surface area contributed by atoms with E-state index in [0.29, 0.717) is 0 Å². The lowest BCUT2D eigenvalue weighted by molar-refractivity contribution is 0.769. The van der Waals surface area contributed by atoms with Crippen molar-refractivity contribution < 1.29 is 0 Å². The van der Waals surface area contributed by atoms with Gasteiger partial charge < -0.3 is 9.80 Å². The molecule has 0 atom stereocenters. The van der Waals surface area contributed by atoms with E-state index in [-0.39, 0.29) is 0 Å². The molecule has 0 bridgehead atoms. The smallest absolute Gasteiger partial charge is 0.0715 e. The second-order valence-electron chi connectivity index (χ2n) is 14.3. The van der Waals surface area contributed by atoms with Crippen molar-refractivity contribution in [1.29, 1.82) is 0 Å². The van der Waals surface area contributed by atoms with Gasteiger partial charge in [0.05, 0.1) is 11.1 Å². The highest BCUT2D eigenvalue weighted by Crippen LogP contribution is 2.60. The van der Waals surface area contributed by atoms with E-state index in [4.69, 9.17) is 0 Å². The van der Waals surface area contributed by atoms with Crippen LogP contribution in [0.4, 0.5) is 34.1 Å². The fourth-order valence-corrected chi connectivity index (χ4v) is 10.0. The molecule has 0 fully saturated rings. The molecule has 0 radical (unpaired) electrons. The highest BCUT2D eigenvalue weighted by atomic mass is 127. The molecule has 272 valence electrons. The molecule has 0 amide bonds. The second kappa shape index (κ2) is 15.1. The highest BCUT2D eigenvalue weighted by molar-refractivity contribution is 14.2. The number of nitrogens with zero attached hydrogens (tertiary/aromatic N) is 2. The van der Waals surface area contributed by atoms with Crippen molar-refractivity contribution in [3.05, 3.63) is 247 Å². The summed E-state index contributed by atoms with van der Waals surface area (Å²) >= 11 is 2.36. The Bertz CT molecular complexity index is 2730. The second-order valence-corrected chi connectivity index (χ2v) is 16.3. The molecule has 9 aromatic rings. The van der Waals surface area contributed by atoms with E-state index in [2.05, 4.69) is 255 Å². The van der Waals surface area contributed by atoms with E-state index < -0.39 is 5.41 Å². The minimum atomic E-state index is -0.634. The quantitative estimate of drug-likeness (QED) is 0.134. The van der Waals surface area contributed by atoms with Gasteiger partial charge in [0.1, 0.15) is 0 Å². The van der Waals surface area contributed by atoms with Gasteiger partial charge >= 0.3 is 0 Å². The molecule has 0 N–H and O–H groups in total. The van der Waals surface area contributed by atoms with Crippen LogP contribution >= 0.6 is 30.1 Å². The summed E-state index contributed by atoms with van der Waals surface area (Å²) in [5.41, 5.74) is 13.6. The maximum atomic E-state index is 2.49. The average molecular weight is 861 g/mol. The molecule has 4 heteroatoms. The van der Waals surface area contributed by atoms with Crippen molar-refractivity contribution in [2.24, 2.45) is 0 Å². The molecule has 9 aromatic carbocycles. The van der Waals surface area contributed by atoms with Crippen molar-refractivity contribution in [1.82, 2.24) is 0 Å². The fourth-order valence-electron chi connectivity index (χ4n) is 8.89. The predicted octanol–water partition coefficient (Wildman–Crippen LogP) is 15.6. The fraction of sp³-hybridized carbons (Fsp3) is 0.0189. The first-order valence-electron chi connectivity index (χ1n) is 19.2. The molecule has 0 aromatic heterocycles. The number of fused-ring (bicyclic) bond motifs is 5. The Labute approximate surface area is 350 Å². The molecule has 57 heavy (non-hydrogen) atoms. The van der Waals surface area contributed by atoms with Gasteiger partial charge in [-0.05, 0) is 118 Å². The van der Waals surface area contributed by atoms with Crippen LogP contribution in [0.25, 0.3) is 21.9 Å². The molecule has 0 unspecified atom stereocenters. The topological polar surface area (TPSA) is 6.48 Å². The van der Waals surface area contributed by atoms with Crippen LogP contribution in [0, 0.1) is 0 Å². The van der Waals surface area contributed by atoms with Gasteiger partial charge in [0.2, 0.25) is 0 Å². The van der Waals surface area contributed by atoms with Crippen molar-refractivity contribution in [3.8, 4) is 11.1 Å². The Morgan fingerprint density at radius 2 is 0.807 bits per heavy atom. The first kappa shape index (κ1) is 35.3. The molecule has 0 aliphatic heterocycles. The largest absolute Gasteiger partial charge is 0.310 e. The van der Waals surface area contributed by atoms with Gasteiger partial charge in [-0.3, -0.25) is 0 Å². The standard InChI is InChI=1S/C53H37IN2S/c54-57-45-33-30-43(31-34-45)55(40-22-10-3-11-23-40)44-32-35-48-49(36-44)53(38-18-6-1-7-19-38,39-20-8-2-9-21-39)50-37-51(46-28-16-17-29-47(46)52(48)50)56(41-24-12-4-13-25-41)42-26-14-5-15-27-42/h1-37H. The molecule has 1 aliphatic carbocycles. The third kappa shape index (κ3) is 6.03. The molecular weight excluding hydrogens is 824 g/mol. The number of anilines is 6. The zero-order chi connectivity index (χ0) is 38.2. The molecule has 0 saturated heterocycles. The third-order valence-corrected chi connectivity index (χ3v) is 13.2. The first-order valence-corrected chi connectivity index (χ1v) is 22.6. The highest BCUT2D eigenvalue weighted by Gasteiger charge is 2.47. The van der Waals surface area contributed by atoms with Crippen LogP contribution in [0.15, 0.2) is 229 Å². The van der Waals surface area contributed by atoms with E-state index in [1.807, 2.05) is 0 Å². The van der Waals surface area contributed by atoms with Crippen LogP contribution in [-0.4, -0.2) is 0 Å². The van der Waals surface area contributed by atoms with Gasteiger partial charge in [-0.25, -0.2) is 0 Å². The van der Waals surface area contributed by atoms with Gasteiger partial charge in [0, 0.05) is 59.9 Å². The number of rotatable bonds is 9. The zero-order valence-electron chi connectivity index (χ0n) is 31.0. The normalized spacial score (nSPS) is 12.5. The molecule has 0 saturated carbocycles. The van der Waals surface area contributed by atoms with E-state index in [1.165, 1.54) is 49.0 Å². The Balaban J connectivity index is 1.32.